The lowest BCUT2D eigenvalue weighted by molar-refractivity contribution is -0.121. The van der Waals surface area contributed by atoms with E-state index in [1.165, 1.54) is 30.2 Å². The lowest BCUT2D eigenvalue weighted by Crippen LogP contribution is -2.38. The molecular weight excluding hydrogens is 260 g/mol. The van der Waals surface area contributed by atoms with Gasteiger partial charge in [0.2, 0.25) is 5.91 Å². The second-order valence-electron chi connectivity index (χ2n) is 4.53. The summed E-state index contributed by atoms with van der Waals surface area (Å²) in [4.78, 5) is 25.1. The standard InChI is InChI=1S/C14H20N2O4/c1-9(7-13(18)15-2)16(3)14(19)10-5-6-11(17)12(8-10)20-4/h5-6,8-9,17H,7H2,1-4H3,(H,15,18)/t9-/m0/s1. The maximum atomic E-state index is 12.3. The molecule has 0 radical (unpaired) electrons. The van der Waals surface area contributed by atoms with Crippen molar-refractivity contribution in [1.29, 1.82) is 0 Å². The van der Waals surface area contributed by atoms with Crippen molar-refractivity contribution in [3.63, 3.8) is 0 Å². The molecule has 0 heterocycles. The molecule has 1 aromatic carbocycles. The number of hydrogen-bond donors (Lipinski definition) is 2. The van der Waals surface area contributed by atoms with Gasteiger partial charge in [-0.2, -0.15) is 0 Å². The average Bonchev–Trinajstić information content (AvgIpc) is 2.45. The van der Waals surface area contributed by atoms with Gasteiger partial charge in [0.05, 0.1) is 7.11 Å². The number of nitrogens with one attached hydrogen (secondary N) is 1. The van der Waals surface area contributed by atoms with E-state index in [2.05, 4.69) is 5.32 Å². The molecule has 1 rings (SSSR count). The van der Waals surface area contributed by atoms with Crippen LogP contribution in [0, 0.1) is 0 Å². The highest BCUT2D eigenvalue weighted by molar-refractivity contribution is 5.95. The van der Waals surface area contributed by atoms with Gasteiger partial charge in [0.1, 0.15) is 0 Å². The molecule has 1 aromatic rings. The number of carbonyl (C=O) groups excluding carboxylic acids is 2. The number of phenols is 1. The van der Waals surface area contributed by atoms with E-state index in [9.17, 15) is 14.7 Å². The number of aromatic hydroxyl groups is 1. The number of ether oxygens (including phenoxy) is 1. The van der Waals surface area contributed by atoms with Crippen LogP contribution >= 0.6 is 0 Å². The largest absolute Gasteiger partial charge is 0.504 e. The van der Waals surface area contributed by atoms with Crippen molar-refractivity contribution in [1.82, 2.24) is 10.2 Å². The Balaban J connectivity index is 2.86. The summed E-state index contributed by atoms with van der Waals surface area (Å²) >= 11 is 0. The highest BCUT2D eigenvalue weighted by atomic mass is 16.5. The second-order valence-corrected chi connectivity index (χ2v) is 4.53. The van der Waals surface area contributed by atoms with Gasteiger partial charge in [0.15, 0.2) is 11.5 Å². The summed E-state index contributed by atoms with van der Waals surface area (Å²) in [5.41, 5.74) is 0.394. The Kier molecular flexibility index (Phi) is 5.37. The summed E-state index contributed by atoms with van der Waals surface area (Å²) in [7, 11) is 4.61. The van der Waals surface area contributed by atoms with Crippen LogP contribution in [-0.2, 0) is 4.79 Å². The zero-order chi connectivity index (χ0) is 15.3. The van der Waals surface area contributed by atoms with Crippen molar-refractivity contribution < 1.29 is 19.4 Å². The van der Waals surface area contributed by atoms with Gasteiger partial charge < -0.3 is 20.1 Å². The van der Waals surface area contributed by atoms with E-state index in [0.717, 1.165) is 0 Å². The van der Waals surface area contributed by atoms with E-state index < -0.39 is 0 Å². The number of nitrogens with zero attached hydrogens (tertiary/aromatic N) is 1. The SMILES string of the molecule is CNC(=O)C[C@H](C)N(C)C(=O)c1ccc(O)c(OC)c1. The Hall–Kier alpha value is -2.24. The second kappa shape index (κ2) is 6.79. The minimum atomic E-state index is -0.236. The first kappa shape index (κ1) is 15.8. The molecule has 0 spiro atoms. The fourth-order valence-corrected chi connectivity index (χ4v) is 1.72. The predicted molar refractivity (Wildman–Crippen MR) is 74.9 cm³/mol. The summed E-state index contributed by atoms with van der Waals surface area (Å²) in [5, 5.41) is 12.0. The summed E-state index contributed by atoms with van der Waals surface area (Å²) in [6.45, 7) is 1.80. The van der Waals surface area contributed by atoms with Crippen molar-refractivity contribution in [2.45, 2.75) is 19.4 Å². The molecule has 20 heavy (non-hydrogen) atoms. The maximum absolute atomic E-state index is 12.3. The molecular formula is C14H20N2O4. The van der Waals surface area contributed by atoms with Crippen molar-refractivity contribution >= 4 is 11.8 Å². The number of phenolic OH excluding ortho intramolecular Hbond substituents is 1. The third-order valence-electron chi connectivity index (χ3n) is 3.17. The lowest BCUT2D eigenvalue weighted by atomic mass is 10.1. The van der Waals surface area contributed by atoms with Gasteiger partial charge in [0.25, 0.3) is 5.91 Å². The van der Waals surface area contributed by atoms with Crippen LogP contribution in [0.15, 0.2) is 18.2 Å². The van der Waals surface area contributed by atoms with Crippen LogP contribution in [0.1, 0.15) is 23.7 Å². The molecule has 0 aliphatic carbocycles. The topological polar surface area (TPSA) is 78.9 Å². The van der Waals surface area contributed by atoms with Crippen LogP contribution < -0.4 is 10.1 Å². The van der Waals surface area contributed by atoms with E-state index in [-0.39, 0.29) is 35.8 Å². The minimum Gasteiger partial charge on any atom is -0.504 e. The monoisotopic (exact) mass is 280 g/mol. The molecule has 2 N–H and O–H groups in total. The number of methoxy groups -OCH3 is 1. The van der Waals surface area contributed by atoms with Crippen LogP contribution in [-0.4, -0.2) is 49.1 Å². The number of benzene rings is 1. The third-order valence-corrected chi connectivity index (χ3v) is 3.17. The van der Waals surface area contributed by atoms with E-state index in [1.54, 1.807) is 21.0 Å². The maximum Gasteiger partial charge on any atom is 0.253 e. The number of hydrogen-bond acceptors (Lipinski definition) is 4. The van der Waals surface area contributed by atoms with Crippen LogP contribution in [0.5, 0.6) is 11.5 Å². The van der Waals surface area contributed by atoms with Crippen molar-refractivity contribution in [2.24, 2.45) is 0 Å². The van der Waals surface area contributed by atoms with Gasteiger partial charge >= 0.3 is 0 Å². The number of rotatable bonds is 5. The fraction of sp³-hybridized carbons (Fsp3) is 0.429. The molecule has 0 saturated heterocycles. The summed E-state index contributed by atoms with van der Waals surface area (Å²) < 4.78 is 4.97. The lowest BCUT2D eigenvalue weighted by Gasteiger charge is -2.24. The molecule has 1 atom stereocenters. The molecule has 0 aliphatic heterocycles. The Morgan fingerprint density at radius 1 is 1.45 bits per heavy atom. The molecule has 2 amide bonds. The minimum absolute atomic E-state index is 0.0230. The van der Waals surface area contributed by atoms with Gasteiger partial charge in [-0.1, -0.05) is 0 Å². The molecule has 0 bridgehead atoms. The van der Waals surface area contributed by atoms with Crippen molar-refractivity contribution in [3.05, 3.63) is 23.8 Å². The van der Waals surface area contributed by atoms with E-state index >= 15 is 0 Å². The average molecular weight is 280 g/mol. The van der Waals surface area contributed by atoms with Gasteiger partial charge in [-0.25, -0.2) is 0 Å². The molecule has 0 unspecified atom stereocenters. The van der Waals surface area contributed by atoms with Crippen LogP contribution in [0.25, 0.3) is 0 Å². The van der Waals surface area contributed by atoms with Gasteiger partial charge in [-0.05, 0) is 25.1 Å². The number of carbonyl (C=O) groups is 2. The zero-order valence-electron chi connectivity index (χ0n) is 12.1. The Morgan fingerprint density at radius 2 is 2.10 bits per heavy atom. The van der Waals surface area contributed by atoms with E-state index in [0.29, 0.717) is 5.56 Å². The summed E-state index contributed by atoms with van der Waals surface area (Å²) in [6.07, 6.45) is 0.230. The predicted octanol–water partition coefficient (Wildman–Crippen LogP) is 0.997. The van der Waals surface area contributed by atoms with E-state index in [4.69, 9.17) is 4.74 Å². The van der Waals surface area contributed by atoms with E-state index in [1.807, 2.05) is 0 Å². The Bertz CT molecular complexity index is 502. The van der Waals surface area contributed by atoms with Crippen LogP contribution in [0.3, 0.4) is 0 Å². The van der Waals surface area contributed by atoms with Crippen LogP contribution in [0.4, 0.5) is 0 Å². The normalized spacial score (nSPS) is 11.6. The molecule has 0 aromatic heterocycles. The molecule has 0 fully saturated rings. The van der Waals surface area contributed by atoms with Crippen molar-refractivity contribution in [2.75, 3.05) is 21.2 Å². The zero-order valence-corrected chi connectivity index (χ0v) is 12.1. The Labute approximate surface area is 118 Å². The number of amides is 2. The first-order valence-electron chi connectivity index (χ1n) is 6.25. The van der Waals surface area contributed by atoms with Gasteiger partial charge in [-0.3, -0.25) is 9.59 Å². The van der Waals surface area contributed by atoms with Crippen LogP contribution in [0.2, 0.25) is 0 Å². The smallest absolute Gasteiger partial charge is 0.253 e. The highest BCUT2D eigenvalue weighted by Gasteiger charge is 2.20. The van der Waals surface area contributed by atoms with Crippen molar-refractivity contribution in [3.8, 4) is 11.5 Å². The molecule has 0 aliphatic rings. The third kappa shape index (κ3) is 3.63. The molecule has 0 saturated carbocycles. The van der Waals surface area contributed by atoms with Gasteiger partial charge in [0, 0.05) is 32.1 Å². The quantitative estimate of drug-likeness (QED) is 0.843. The summed E-state index contributed by atoms with van der Waals surface area (Å²) in [6, 6.07) is 4.16. The van der Waals surface area contributed by atoms with Gasteiger partial charge in [-0.15, -0.1) is 0 Å². The molecule has 6 heteroatoms. The highest BCUT2D eigenvalue weighted by Crippen LogP contribution is 2.26. The molecule has 110 valence electrons. The fourth-order valence-electron chi connectivity index (χ4n) is 1.72. The first-order chi connectivity index (χ1) is 9.40. The Morgan fingerprint density at radius 3 is 2.65 bits per heavy atom. The molecule has 6 nitrogen and oxygen atoms in total. The summed E-state index contributed by atoms with van der Waals surface area (Å²) in [5.74, 6) is -0.145. The first-order valence-corrected chi connectivity index (χ1v) is 6.25.